The Morgan fingerprint density at radius 2 is 1.47 bits per heavy atom. The number of amides is 1. The molecule has 0 fully saturated rings. The molecule has 3 aromatic rings. The highest BCUT2D eigenvalue weighted by Crippen LogP contribution is 2.31. The summed E-state index contributed by atoms with van der Waals surface area (Å²) in [4.78, 5) is 14.9. The van der Waals surface area contributed by atoms with E-state index >= 15 is 0 Å². The van der Waals surface area contributed by atoms with Gasteiger partial charge in [-0.05, 0) is 67.9 Å². The lowest BCUT2D eigenvalue weighted by atomic mass is 10.1. The molecule has 0 unspecified atom stereocenters. The van der Waals surface area contributed by atoms with Crippen LogP contribution in [0.3, 0.4) is 0 Å². The molecule has 0 saturated carbocycles. The van der Waals surface area contributed by atoms with Gasteiger partial charge in [0, 0.05) is 12.6 Å². The van der Waals surface area contributed by atoms with Gasteiger partial charge in [0.1, 0.15) is 33.5 Å². The minimum absolute atomic E-state index is 0.0990. The Balaban J connectivity index is 1.80. The summed E-state index contributed by atoms with van der Waals surface area (Å²) in [5.41, 5.74) is 1.09. The summed E-state index contributed by atoms with van der Waals surface area (Å²) < 4.78 is 53.8. The molecule has 7 nitrogen and oxygen atoms in total. The van der Waals surface area contributed by atoms with Gasteiger partial charge in [-0.15, -0.1) is 0 Å². The third kappa shape index (κ3) is 5.66. The van der Waals surface area contributed by atoms with Gasteiger partial charge in [0.15, 0.2) is 0 Å². The van der Waals surface area contributed by atoms with Crippen molar-refractivity contribution in [2.45, 2.75) is 31.3 Å². The predicted octanol–water partition coefficient (Wildman–Crippen LogP) is 4.66. The van der Waals surface area contributed by atoms with E-state index in [1.165, 1.54) is 26.4 Å². The molecule has 0 aliphatic heterocycles. The van der Waals surface area contributed by atoms with Crippen LogP contribution in [-0.4, -0.2) is 39.5 Å². The summed E-state index contributed by atoms with van der Waals surface area (Å²) in [7, 11) is -1.12. The zero-order valence-electron chi connectivity index (χ0n) is 19.3. The number of hydrogen-bond donors (Lipinski definition) is 0. The fraction of sp³-hybridized carbons (Fsp3) is 0.240. The number of carbonyl (C=O) groups is 1. The second-order valence-corrected chi connectivity index (χ2v) is 9.25. The van der Waals surface area contributed by atoms with Crippen LogP contribution in [0.1, 0.15) is 29.8 Å². The molecule has 0 saturated heterocycles. The first-order valence-corrected chi connectivity index (χ1v) is 11.9. The van der Waals surface area contributed by atoms with Crippen LogP contribution in [0, 0.1) is 5.82 Å². The smallest absolute Gasteiger partial charge is 0.339 e. The molecule has 0 bridgehead atoms. The van der Waals surface area contributed by atoms with Crippen LogP contribution in [0.5, 0.6) is 17.2 Å². The third-order valence-electron chi connectivity index (χ3n) is 5.11. The topological polar surface area (TPSA) is 82.1 Å². The highest BCUT2D eigenvalue weighted by Gasteiger charge is 2.26. The van der Waals surface area contributed by atoms with E-state index in [-0.39, 0.29) is 29.1 Å². The highest BCUT2D eigenvalue weighted by molar-refractivity contribution is 7.87. The second kappa shape index (κ2) is 10.6. The fourth-order valence-corrected chi connectivity index (χ4v) is 4.25. The molecule has 0 radical (unpaired) electrons. The lowest BCUT2D eigenvalue weighted by Crippen LogP contribution is -2.36. The summed E-state index contributed by atoms with van der Waals surface area (Å²) in [6.45, 7) is 4.06. The first-order chi connectivity index (χ1) is 16.2. The van der Waals surface area contributed by atoms with E-state index in [1.54, 1.807) is 35.2 Å². The van der Waals surface area contributed by atoms with Gasteiger partial charge in [-0.1, -0.05) is 18.2 Å². The summed E-state index contributed by atoms with van der Waals surface area (Å²) in [5, 5.41) is 0. The van der Waals surface area contributed by atoms with Crippen LogP contribution in [0.2, 0.25) is 0 Å². The van der Waals surface area contributed by atoms with Crippen molar-refractivity contribution in [3.63, 3.8) is 0 Å². The second-order valence-electron chi connectivity index (χ2n) is 7.70. The lowest BCUT2D eigenvalue weighted by Gasteiger charge is -2.28. The molecule has 0 atom stereocenters. The van der Waals surface area contributed by atoms with E-state index < -0.39 is 15.9 Å². The van der Waals surface area contributed by atoms with Crippen molar-refractivity contribution in [2.24, 2.45) is 0 Å². The largest absolute Gasteiger partial charge is 0.496 e. The maximum absolute atomic E-state index is 13.4. The van der Waals surface area contributed by atoms with E-state index in [0.29, 0.717) is 17.1 Å². The number of methoxy groups -OCH3 is 2. The van der Waals surface area contributed by atoms with Crippen molar-refractivity contribution in [1.29, 1.82) is 0 Å². The van der Waals surface area contributed by atoms with Gasteiger partial charge in [-0.25, -0.2) is 4.39 Å². The normalized spacial score (nSPS) is 11.2. The quantitative estimate of drug-likeness (QED) is 0.408. The first kappa shape index (κ1) is 25.0. The van der Waals surface area contributed by atoms with Crippen LogP contribution in [-0.2, 0) is 16.7 Å². The van der Waals surface area contributed by atoms with Crippen LogP contribution in [0.25, 0.3) is 0 Å². The van der Waals surface area contributed by atoms with Crippen LogP contribution < -0.4 is 13.7 Å². The predicted molar refractivity (Wildman–Crippen MR) is 125 cm³/mol. The van der Waals surface area contributed by atoms with E-state index in [1.807, 2.05) is 13.8 Å². The van der Waals surface area contributed by atoms with Gasteiger partial charge < -0.3 is 18.6 Å². The monoisotopic (exact) mass is 487 g/mol. The molecule has 0 heterocycles. The molecule has 3 rings (SSSR count). The molecule has 34 heavy (non-hydrogen) atoms. The Morgan fingerprint density at radius 1 is 0.912 bits per heavy atom. The Morgan fingerprint density at radius 3 is 1.97 bits per heavy atom. The maximum atomic E-state index is 13.4. The summed E-state index contributed by atoms with van der Waals surface area (Å²) in [6.07, 6.45) is 0. The molecule has 0 aromatic heterocycles. The molecule has 0 N–H and O–H groups in total. The molecule has 3 aromatic carbocycles. The first-order valence-electron chi connectivity index (χ1n) is 10.5. The average Bonchev–Trinajstić information content (AvgIpc) is 2.82. The van der Waals surface area contributed by atoms with Gasteiger partial charge >= 0.3 is 10.1 Å². The maximum Gasteiger partial charge on any atom is 0.339 e. The zero-order valence-corrected chi connectivity index (χ0v) is 20.1. The number of carbonyl (C=O) groups excluding carboxylic acids is 1. The molecule has 0 aliphatic carbocycles. The van der Waals surface area contributed by atoms with E-state index in [0.717, 1.165) is 29.8 Å². The molecule has 1 amide bonds. The number of hydrogen-bond acceptors (Lipinski definition) is 6. The van der Waals surface area contributed by atoms with Gasteiger partial charge in [0.05, 0.1) is 14.2 Å². The van der Waals surface area contributed by atoms with Gasteiger partial charge in [0.2, 0.25) is 0 Å². The number of rotatable bonds is 9. The van der Waals surface area contributed by atoms with E-state index in [9.17, 15) is 17.6 Å². The van der Waals surface area contributed by atoms with Crippen LogP contribution in [0.15, 0.2) is 71.6 Å². The third-order valence-corrected chi connectivity index (χ3v) is 6.37. The molecular formula is C25H26FNO6S. The number of ether oxygens (including phenoxy) is 2. The average molecular weight is 488 g/mol. The van der Waals surface area contributed by atoms with Crippen molar-refractivity contribution < 1.29 is 31.3 Å². The fourth-order valence-electron chi connectivity index (χ4n) is 3.32. The van der Waals surface area contributed by atoms with Gasteiger partial charge in [-0.3, -0.25) is 4.79 Å². The van der Waals surface area contributed by atoms with Crippen molar-refractivity contribution in [3.05, 3.63) is 83.7 Å². The Hall–Kier alpha value is -3.59. The van der Waals surface area contributed by atoms with E-state index in [4.69, 9.17) is 13.7 Å². The molecular weight excluding hydrogens is 461 g/mol. The zero-order chi connectivity index (χ0) is 24.9. The van der Waals surface area contributed by atoms with Crippen LogP contribution >= 0.6 is 0 Å². The Kier molecular flexibility index (Phi) is 7.78. The Bertz CT molecular complexity index is 1220. The minimum Gasteiger partial charge on any atom is -0.496 e. The van der Waals surface area contributed by atoms with Crippen molar-refractivity contribution >= 4 is 16.0 Å². The SMILES string of the molecule is COc1cccc(OC)c1C(=O)N(Cc1ccc(OS(=O)(=O)c2ccc(F)cc2)cc1)C(C)C. The summed E-state index contributed by atoms with van der Waals surface area (Å²) >= 11 is 0. The van der Waals surface area contributed by atoms with Crippen molar-refractivity contribution in [1.82, 2.24) is 4.90 Å². The molecule has 0 aliphatic rings. The minimum atomic E-state index is -4.10. The summed E-state index contributed by atoms with van der Waals surface area (Å²) in [5.74, 6) is 0.109. The van der Waals surface area contributed by atoms with Gasteiger partial charge in [-0.2, -0.15) is 8.42 Å². The summed E-state index contributed by atoms with van der Waals surface area (Å²) in [6, 6.07) is 15.7. The number of halogens is 1. The van der Waals surface area contributed by atoms with Crippen LogP contribution in [0.4, 0.5) is 4.39 Å². The van der Waals surface area contributed by atoms with Gasteiger partial charge in [0.25, 0.3) is 5.91 Å². The number of benzene rings is 3. The molecule has 180 valence electrons. The van der Waals surface area contributed by atoms with Crippen molar-refractivity contribution in [2.75, 3.05) is 14.2 Å². The Labute approximate surface area is 198 Å². The number of nitrogens with zero attached hydrogens (tertiary/aromatic N) is 1. The lowest BCUT2D eigenvalue weighted by molar-refractivity contribution is 0.0683. The van der Waals surface area contributed by atoms with Crippen molar-refractivity contribution in [3.8, 4) is 17.2 Å². The molecule has 9 heteroatoms. The standard InChI is InChI=1S/C25H26FNO6S/c1-17(2)27(25(28)24-22(31-3)6-5-7-23(24)32-4)16-18-8-12-20(13-9-18)33-34(29,30)21-14-10-19(26)11-15-21/h5-15,17H,16H2,1-4H3. The highest BCUT2D eigenvalue weighted by atomic mass is 32.2. The molecule has 0 spiro atoms. The van der Waals surface area contributed by atoms with E-state index in [2.05, 4.69) is 0 Å².